The highest BCUT2D eigenvalue weighted by Gasteiger charge is 2.12. The number of rotatable bonds is 6. The Labute approximate surface area is 143 Å². The van der Waals surface area contributed by atoms with Crippen LogP contribution in [0.3, 0.4) is 0 Å². The summed E-state index contributed by atoms with van der Waals surface area (Å²) in [5.41, 5.74) is 1.65. The third-order valence-electron chi connectivity index (χ3n) is 3.14. The molecule has 0 aromatic heterocycles. The molecule has 2 rings (SSSR count). The highest BCUT2D eigenvalue weighted by atomic mass is 79.9. The maximum absolute atomic E-state index is 12.1. The predicted octanol–water partition coefficient (Wildman–Crippen LogP) is 3.79. The van der Waals surface area contributed by atoms with Gasteiger partial charge in [-0.15, -0.1) is 0 Å². The second-order valence-corrected chi connectivity index (χ2v) is 5.69. The molecule has 1 N–H and O–H groups in total. The molecular weight excluding hydrogens is 362 g/mol. The van der Waals surface area contributed by atoms with Gasteiger partial charge < -0.3 is 19.5 Å². The molecule has 122 valence electrons. The van der Waals surface area contributed by atoms with Gasteiger partial charge in [0, 0.05) is 12.1 Å². The fraction of sp³-hybridized carbons (Fsp3) is 0.235. The van der Waals surface area contributed by atoms with Gasteiger partial charge in [0.05, 0.1) is 24.4 Å². The van der Waals surface area contributed by atoms with Gasteiger partial charge >= 0.3 is 0 Å². The van der Waals surface area contributed by atoms with Crippen molar-refractivity contribution in [2.45, 2.75) is 6.92 Å². The van der Waals surface area contributed by atoms with Crippen molar-refractivity contribution in [1.29, 1.82) is 0 Å². The Bertz CT molecular complexity index is 686. The average molecular weight is 380 g/mol. The molecule has 0 heterocycles. The van der Waals surface area contributed by atoms with Crippen molar-refractivity contribution in [2.24, 2.45) is 0 Å². The number of aryl methyl sites for hydroxylation is 1. The number of nitrogens with one attached hydrogen (secondary N) is 1. The molecule has 0 aliphatic carbocycles. The van der Waals surface area contributed by atoms with Crippen LogP contribution in [-0.2, 0) is 4.79 Å². The number of hydrogen-bond acceptors (Lipinski definition) is 4. The third-order valence-corrected chi connectivity index (χ3v) is 3.76. The molecule has 0 spiro atoms. The van der Waals surface area contributed by atoms with Crippen LogP contribution in [0.4, 0.5) is 5.69 Å². The van der Waals surface area contributed by atoms with Crippen LogP contribution >= 0.6 is 15.9 Å². The molecule has 0 unspecified atom stereocenters. The largest absolute Gasteiger partial charge is 0.495 e. The van der Waals surface area contributed by atoms with E-state index in [1.54, 1.807) is 19.2 Å². The molecule has 6 heteroatoms. The summed E-state index contributed by atoms with van der Waals surface area (Å²) in [4.78, 5) is 12.1. The summed E-state index contributed by atoms with van der Waals surface area (Å²) in [7, 11) is 3.09. The molecule has 0 saturated heterocycles. The van der Waals surface area contributed by atoms with Gasteiger partial charge in [0.15, 0.2) is 6.61 Å². The van der Waals surface area contributed by atoms with Crippen molar-refractivity contribution in [3.63, 3.8) is 0 Å². The number of ether oxygens (including phenoxy) is 3. The minimum Gasteiger partial charge on any atom is -0.495 e. The summed E-state index contributed by atoms with van der Waals surface area (Å²) in [6.45, 7) is 1.90. The molecule has 5 nitrogen and oxygen atoms in total. The number of halogens is 1. The van der Waals surface area contributed by atoms with Crippen LogP contribution in [0, 0.1) is 6.92 Å². The fourth-order valence-electron chi connectivity index (χ4n) is 1.93. The van der Waals surface area contributed by atoms with Gasteiger partial charge in [-0.25, -0.2) is 0 Å². The average Bonchev–Trinajstić information content (AvgIpc) is 2.55. The summed E-state index contributed by atoms with van der Waals surface area (Å²) in [6.07, 6.45) is 0. The quantitative estimate of drug-likeness (QED) is 0.829. The van der Waals surface area contributed by atoms with E-state index >= 15 is 0 Å². The van der Waals surface area contributed by atoms with E-state index in [4.69, 9.17) is 14.2 Å². The Balaban J connectivity index is 2.03. The smallest absolute Gasteiger partial charge is 0.262 e. The Morgan fingerprint density at radius 2 is 1.74 bits per heavy atom. The number of benzene rings is 2. The highest BCUT2D eigenvalue weighted by Crippen LogP contribution is 2.36. The Morgan fingerprint density at radius 1 is 1.09 bits per heavy atom. The first-order valence-electron chi connectivity index (χ1n) is 6.94. The van der Waals surface area contributed by atoms with Gasteiger partial charge in [0.1, 0.15) is 17.2 Å². The molecule has 0 aliphatic heterocycles. The second kappa shape index (κ2) is 7.87. The summed E-state index contributed by atoms with van der Waals surface area (Å²) in [5, 5.41) is 2.76. The number of methoxy groups -OCH3 is 2. The van der Waals surface area contributed by atoms with E-state index < -0.39 is 0 Å². The SMILES string of the molecule is COc1cc(NC(=O)COc2ccc(C)cc2)c(OC)cc1Br. The normalized spacial score (nSPS) is 10.1. The number of carbonyl (C=O) groups excluding carboxylic acids is 1. The van der Waals surface area contributed by atoms with Crippen LogP contribution in [0.2, 0.25) is 0 Å². The summed E-state index contributed by atoms with van der Waals surface area (Å²) in [6, 6.07) is 10.9. The number of amides is 1. The maximum Gasteiger partial charge on any atom is 0.262 e. The van der Waals surface area contributed by atoms with Gasteiger partial charge in [-0.3, -0.25) is 4.79 Å². The van der Waals surface area contributed by atoms with Crippen molar-refractivity contribution in [1.82, 2.24) is 0 Å². The first-order chi connectivity index (χ1) is 11.0. The molecule has 0 atom stereocenters. The van der Waals surface area contributed by atoms with E-state index in [0.29, 0.717) is 22.9 Å². The van der Waals surface area contributed by atoms with Crippen LogP contribution in [0.15, 0.2) is 40.9 Å². The first kappa shape index (κ1) is 17.1. The van der Waals surface area contributed by atoms with E-state index in [9.17, 15) is 4.79 Å². The predicted molar refractivity (Wildman–Crippen MR) is 92.5 cm³/mol. The second-order valence-electron chi connectivity index (χ2n) is 4.84. The molecule has 23 heavy (non-hydrogen) atoms. The topological polar surface area (TPSA) is 56.8 Å². The highest BCUT2D eigenvalue weighted by molar-refractivity contribution is 9.10. The molecule has 0 fully saturated rings. The first-order valence-corrected chi connectivity index (χ1v) is 7.73. The molecular formula is C17H18BrNO4. The maximum atomic E-state index is 12.1. The van der Waals surface area contributed by atoms with Gasteiger partial charge in [-0.1, -0.05) is 17.7 Å². The monoisotopic (exact) mass is 379 g/mol. The van der Waals surface area contributed by atoms with Gasteiger partial charge in [0.25, 0.3) is 5.91 Å². The zero-order valence-corrected chi connectivity index (χ0v) is 14.8. The van der Waals surface area contributed by atoms with E-state index in [1.165, 1.54) is 7.11 Å². The van der Waals surface area contributed by atoms with E-state index in [0.717, 1.165) is 10.0 Å². The minimum atomic E-state index is -0.284. The van der Waals surface area contributed by atoms with Crippen molar-refractivity contribution in [2.75, 3.05) is 26.1 Å². The van der Waals surface area contributed by atoms with Crippen LogP contribution in [-0.4, -0.2) is 26.7 Å². The Kier molecular flexibility index (Phi) is 5.87. The van der Waals surface area contributed by atoms with E-state index in [2.05, 4.69) is 21.2 Å². The van der Waals surface area contributed by atoms with Crippen molar-refractivity contribution >= 4 is 27.5 Å². The van der Waals surface area contributed by atoms with Crippen LogP contribution in [0.5, 0.6) is 17.2 Å². The zero-order valence-electron chi connectivity index (χ0n) is 13.2. The Hall–Kier alpha value is -2.21. The molecule has 0 aliphatic rings. The molecule has 0 saturated carbocycles. The number of anilines is 1. The summed E-state index contributed by atoms with van der Waals surface area (Å²) < 4.78 is 16.7. The summed E-state index contributed by atoms with van der Waals surface area (Å²) >= 11 is 3.37. The molecule has 0 bridgehead atoms. The lowest BCUT2D eigenvalue weighted by Gasteiger charge is -2.13. The molecule has 0 radical (unpaired) electrons. The molecule has 2 aromatic carbocycles. The van der Waals surface area contributed by atoms with Crippen molar-refractivity contribution < 1.29 is 19.0 Å². The third kappa shape index (κ3) is 4.63. The standard InChI is InChI=1S/C17H18BrNO4/c1-11-4-6-12(7-5-11)23-10-17(20)19-14-9-15(21-2)13(18)8-16(14)22-3/h4-9H,10H2,1-3H3,(H,19,20). The van der Waals surface area contributed by atoms with E-state index in [1.807, 2.05) is 31.2 Å². The van der Waals surface area contributed by atoms with Crippen LogP contribution in [0.25, 0.3) is 0 Å². The van der Waals surface area contributed by atoms with Crippen LogP contribution < -0.4 is 19.5 Å². The number of hydrogen-bond donors (Lipinski definition) is 1. The van der Waals surface area contributed by atoms with E-state index in [-0.39, 0.29) is 12.5 Å². The van der Waals surface area contributed by atoms with Crippen molar-refractivity contribution in [3.8, 4) is 17.2 Å². The lowest BCUT2D eigenvalue weighted by Crippen LogP contribution is -2.20. The summed E-state index contributed by atoms with van der Waals surface area (Å²) in [5.74, 6) is 1.49. The van der Waals surface area contributed by atoms with Crippen LogP contribution in [0.1, 0.15) is 5.56 Å². The Morgan fingerprint density at radius 3 is 2.35 bits per heavy atom. The van der Waals surface area contributed by atoms with Gasteiger partial charge in [0.2, 0.25) is 0 Å². The lowest BCUT2D eigenvalue weighted by atomic mass is 10.2. The fourth-order valence-corrected chi connectivity index (χ4v) is 2.41. The molecule has 1 amide bonds. The van der Waals surface area contributed by atoms with Gasteiger partial charge in [-0.05, 0) is 35.0 Å². The minimum absolute atomic E-state index is 0.0927. The number of carbonyl (C=O) groups is 1. The zero-order chi connectivity index (χ0) is 16.8. The molecule has 2 aromatic rings. The lowest BCUT2D eigenvalue weighted by molar-refractivity contribution is -0.118. The van der Waals surface area contributed by atoms with Crippen molar-refractivity contribution in [3.05, 3.63) is 46.4 Å². The van der Waals surface area contributed by atoms with Gasteiger partial charge in [-0.2, -0.15) is 0 Å².